The monoisotopic (exact) mass is 347 g/mol. The van der Waals surface area contributed by atoms with Crippen molar-refractivity contribution in [1.82, 2.24) is 20.0 Å². The normalized spacial score (nSPS) is 21.4. The molecule has 1 atom stereocenters. The Morgan fingerprint density at radius 3 is 2.64 bits per heavy atom. The number of hydrogen-bond donors (Lipinski definition) is 0. The van der Waals surface area contributed by atoms with Crippen molar-refractivity contribution < 1.29 is 14.1 Å². The number of carbonyl (C=O) groups excluding carboxylic acids is 2. The van der Waals surface area contributed by atoms with E-state index in [1.54, 1.807) is 4.90 Å². The van der Waals surface area contributed by atoms with Crippen molar-refractivity contribution in [3.05, 3.63) is 11.7 Å². The molecule has 0 radical (unpaired) electrons. The van der Waals surface area contributed by atoms with Crippen LogP contribution < -0.4 is 0 Å². The SMILES string of the molecule is CC(C)c1nc(C2CCCN2C(=O)C2=NN(C(C)C)C(=O)CC2)no1. The third-order valence-electron chi connectivity index (χ3n) is 4.56. The lowest BCUT2D eigenvalue weighted by molar-refractivity contribution is -0.133. The highest BCUT2D eigenvalue weighted by atomic mass is 16.5. The van der Waals surface area contributed by atoms with Crippen LogP contribution in [-0.4, -0.2) is 50.2 Å². The number of hydrogen-bond acceptors (Lipinski definition) is 6. The Bertz CT molecular complexity index is 694. The fourth-order valence-electron chi connectivity index (χ4n) is 3.19. The summed E-state index contributed by atoms with van der Waals surface area (Å²) < 4.78 is 5.29. The van der Waals surface area contributed by atoms with Crippen molar-refractivity contribution in [3.8, 4) is 0 Å². The van der Waals surface area contributed by atoms with Crippen LogP contribution >= 0.6 is 0 Å². The van der Waals surface area contributed by atoms with Crippen molar-refractivity contribution in [2.24, 2.45) is 5.10 Å². The van der Waals surface area contributed by atoms with Gasteiger partial charge >= 0.3 is 0 Å². The predicted octanol–water partition coefficient (Wildman–Crippen LogP) is 2.24. The van der Waals surface area contributed by atoms with Gasteiger partial charge < -0.3 is 9.42 Å². The van der Waals surface area contributed by atoms with Crippen LogP contribution in [0.1, 0.15) is 77.1 Å². The maximum Gasteiger partial charge on any atom is 0.270 e. The van der Waals surface area contributed by atoms with Crippen molar-refractivity contribution >= 4 is 17.5 Å². The van der Waals surface area contributed by atoms with Crippen molar-refractivity contribution in [3.63, 3.8) is 0 Å². The van der Waals surface area contributed by atoms with Gasteiger partial charge in [0.25, 0.3) is 5.91 Å². The van der Waals surface area contributed by atoms with Crippen molar-refractivity contribution in [2.45, 2.75) is 71.4 Å². The highest BCUT2D eigenvalue weighted by Gasteiger charge is 2.37. The van der Waals surface area contributed by atoms with Crippen LogP contribution in [0.25, 0.3) is 0 Å². The molecule has 0 saturated carbocycles. The second kappa shape index (κ2) is 6.93. The maximum absolute atomic E-state index is 13.0. The molecule has 1 saturated heterocycles. The molecule has 8 heteroatoms. The average molecular weight is 347 g/mol. The Balaban J connectivity index is 1.81. The van der Waals surface area contributed by atoms with Gasteiger partial charge in [-0.25, -0.2) is 5.01 Å². The van der Waals surface area contributed by atoms with Crippen LogP contribution in [-0.2, 0) is 9.59 Å². The molecule has 0 bridgehead atoms. The van der Waals surface area contributed by atoms with E-state index in [1.165, 1.54) is 5.01 Å². The molecule has 1 fully saturated rings. The van der Waals surface area contributed by atoms with Gasteiger partial charge in [-0.1, -0.05) is 19.0 Å². The summed E-state index contributed by atoms with van der Waals surface area (Å²) in [4.78, 5) is 31.1. The summed E-state index contributed by atoms with van der Waals surface area (Å²) in [6.07, 6.45) is 2.40. The van der Waals surface area contributed by atoms with Gasteiger partial charge in [0, 0.05) is 31.3 Å². The van der Waals surface area contributed by atoms with Crippen LogP contribution in [0.5, 0.6) is 0 Å². The van der Waals surface area contributed by atoms with Gasteiger partial charge in [0.15, 0.2) is 5.82 Å². The molecule has 3 rings (SSSR count). The Morgan fingerprint density at radius 1 is 1.24 bits per heavy atom. The zero-order valence-electron chi connectivity index (χ0n) is 15.2. The minimum atomic E-state index is -0.184. The maximum atomic E-state index is 13.0. The molecular formula is C17H25N5O3. The quantitative estimate of drug-likeness (QED) is 0.833. The molecule has 1 aromatic rings. The zero-order chi connectivity index (χ0) is 18.1. The predicted molar refractivity (Wildman–Crippen MR) is 90.7 cm³/mol. The minimum absolute atomic E-state index is 0.0377. The number of hydrazone groups is 1. The van der Waals surface area contributed by atoms with Gasteiger partial charge in [0.2, 0.25) is 11.8 Å². The lowest BCUT2D eigenvalue weighted by atomic mass is 10.1. The first-order valence-electron chi connectivity index (χ1n) is 8.92. The largest absolute Gasteiger partial charge is 0.339 e. The number of amides is 2. The standard InChI is InChI=1S/C17H25N5O3/c1-10(2)16-18-15(20-25-16)13-6-5-9-21(13)17(24)12-7-8-14(23)22(19-12)11(3)4/h10-11,13H,5-9H2,1-4H3. The molecule has 1 aromatic heterocycles. The summed E-state index contributed by atoms with van der Waals surface area (Å²) in [5.41, 5.74) is 0.438. The van der Waals surface area contributed by atoms with Gasteiger partial charge in [-0.05, 0) is 26.7 Å². The lowest BCUT2D eigenvalue weighted by Crippen LogP contribution is -2.43. The first-order chi connectivity index (χ1) is 11.9. The van der Waals surface area contributed by atoms with E-state index in [0.717, 1.165) is 12.8 Å². The Morgan fingerprint density at radius 2 is 2.00 bits per heavy atom. The highest BCUT2D eigenvalue weighted by molar-refractivity contribution is 6.39. The molecule has 0 spiro atoms. The molecule has 2 aliphatic heterocycles. The molecule has 2 aliphatic rings. The summed E-state index contributed by atoms with van der Waals surface area (Å²) in [5.74, 6) is 1.13. The number of rotatable bonds is 4. The minimum Gasteiger partial charge on any atom is -0.339 e. The Labute approximate surface area is 147 Å². The second-order valence-corrected chi connectivity index (χ2v) is 7.18. The molecule has 1 unspecified atom stereocenters. The van der Waals surface area contributed by atoms with Gasteiger partial charge in [-0.15, -0.1) is 0 Å². The molecule has 8 nitrogen and oxygen atoms in total. The van der Waals surface area contributed by atoms with E-state index in [4.69, 9.17) is 4.52 Å². The lowest BCUT2D eigenvalue weighted by Gasteiger charge is -2.29. The third-order valence-corrected chi connectivity index (χ3v) is 4.56. The van der Waals surface area contributed by atoms with Crippen molar-refractivity contribution in [2.75, 3.05) is 6.54 Å². The van der Waals surface area contributed by atoms with Gasteiger partial charge in [-0.2, -0.15) is 10.1 Å². The molecule has 0 aromatic carbocycles. The molecular weight excluding hydrogens is 322 g/mol. The van der Waals surface area contributed by atoms with E-state index in [1.807, 2.05) is 27.7 Å². The summed E-state index contributed by atoms with van der Waals surface area (Å²) >= 11 is 0. The van der Waals surface area contributed by atoms with E-state index < -0.39 is 0 Å². The van der Waals surface area contributed by atoms with E-state index >= 15 is 0 Å². The molecule has 3 heterocycles. The van der Waals surface area contributed by atoms with Gasteiger partial charge in [0.05, 0.1) is 6.04 Å². The van der Waals surface area contributed by atoms with Crippen LogP contribution in [0.2, 0.25) is 0 Å². The van der Waals surface area contributed by atoms with Gasteiger partial charge in [0.1, 0.15) is 5.71 Å². The van der Waals surface area contributed by atoms with Crippen molar-refractivity contribution in [1.29, 1.82) is 0 Å². The Kier molecular flexibility index (Phi) is 4.87. The summed E-state index contributed by atoms with van der Waals surface area (Å²) in [5, 5.41) is 9.79. The number of carbonyl (C=O) groups is 2. The van der Waals surface area contributed by atoms with Crippen LogP contribution in [0, 0.1) is 0 Å². The number of aromatic nitrogens is 2. The fourth-order valence-corrected chi connectivity index (χ4v) is 3.19. The number of nitrogens with zero attached hydrogens (tertiary/aromatic N) is 5. The summed E-state index contributed by atoms with van der Waals surface area (Å²) in [6.45, 7) is 8.40. The van der Waals surface area contributed by atoms with Gasteiger partial charge in [-0.3, -0.25) is 9.59 Å². The third kappa shape index (κ3) is 3.43. The van der Waals surface area contributed by atoms with Crippen LogP contribution in [0.3, 0.4) is 0 Å². The van der Waals surface area contributed by atoms with Crippen LogP contribution in [0.4, 0.5) is 0 Å². The van der Waals surface area contributed by atoms with E-state index in [9.17, 15) is 9.59 Å². The molecule has 0 N–H and O–H groups in total. The topological polar surface area (TPSA) is 91.9 Å². The molecule has 25 heavy (non-hydrogen) atoms. The van der Waals surface area contributed by atoms with E-state index in [0.29, 0.717) is 36.8 Å². The highest BCUT2D eigenvalue weighted by Crippen LogP contribution is 2.31. The molecule has 0 aliphatic carbocycles. The summed E-state index contributed by atoms with van der Waals surface area (Å²) in [7, 11) is 0. The summed E-state index contributed by atoms with van der Waals surface area (Å²) in [6, 6.07) is -0.243. The smallest absolute Gasteiger partial charge is 0.270 e. The van der Waals surface area contributed by atoms with Crippen LogP contribution in [0.15, 0.2) is 9.62 Å². The average Bonchev–Trinajstić information content (AvgIpc) is 3.23. The van der Waals surface area contributed by atoms with E-state index in [-0.39, 0.29) is 29.8 Å². The Hall–Kier alpha value is -2.25. The number of likely N-dealkylation sites (tertiary alicyclic amines) is 1. The second-order valence-electron chi connectivity index (χ2n) is 7.18. The first-order valence-corrected chi connectivity index (χ1v) is 8.92. The molecule has 2 amide bonds. The van der Waals surface area contributed by atoms with E-state index in [2.05, 4.69) is 15.2 Å². The first kappa shape index (κ1) is 17.6. The molecule has 136 valence electrons. The zero-order valence-corrected chi connectivity index (χ0v) is 15.2. The fraction of sp³-hybridized carbons (Fsp3) is 0.706.